The van der Waals surface area contributed by atoms with E-state index in [1.165, 1.54) is 29.9 Å². The summed E-state index contributed by atoms with van der Waals surface area (Å²) in [6.45, 7) is 0.598. The summed E-state index contributed by atoms with van der Waals surface area (Å²) in [5, 5.41) is 2.66. The second-order valence-electron chi connectivity index (χ2n) is 6.66. The molecule has 3 rings (SSSR count). The van der Waals surface area contributed by atoms with Crippen molar-refractivity contribution in [2.75, 3.05) is 20.3 Å². The second-order valence-corrected chi connectivity index (χ2v) is 6.66. The van der Waals surface area contributed by atoms with Gasteiger partial charge in [-0.3, -0.25) is 9.59 Å². The molecule has 10 heteroatoms. The van der Waals surface area contributed by atoms with E-state index in [0.717, 1.165) is 19.0 Å². The molecule has 1 aliphatic rings. The largest absolute Gasteiger partial charge is 0.465 e. The number of halogens is 3. The van der Waals surface area contributed by atoms with Crippen molar-refractivity contribution in [1.82, 2.24) is 9.88 Å². The number of methoxy groups -OCH3 is 1. The lowest BCUT2D eigenvalue weighted by molar-refractivity contribution is -0.122. The van der Waals surface area contributed by atoms with E-state index in [4.69, 9.17) is 4.74 Å². The second kappa shape index (κ2) is 8.24. The molecule has 1 aromatic heterocycles. The number of nitrogens with zero attached hydrogens (tertiary/aromatic N) is 1. The van der Waals surface area contributed by atoms with Gasteiger partial charge < -0.3 is 19.4 Å². The highest BCUT2D eigenvalue weighted by Crippen LogP contribution is 2.29. The summed E-state index contributed by atoms with van der Waals surface area (Å²) in [6, 6.07) is 3.80. The van der Waals surface area contributed by atoms with Gasteiger partial charge in [-0.2, -0.15) is 13.2 Å². The number of nitrogens with one attached hydrogen (secondary N) is 1. The number of carbonyl (C=O) groups is 3. The zero-order valence-electron chi connectivity index (χ0n) is 15.5. The molecular weight excluding hydrogens is 393 g/mol. The molecule has 1 unspecified atom stereocenters. The van der Waals surface area contributed by atoms with Crippen LogP contribution in [0.2, 0.25) is 0 Å². The summed E-state index contributed by atoms with van der Waals surface area (Å²) in [6.07, 6.45) is -2.45. The fourth-order valence-electron chi connectivity index (χ4n) is 3.24. The number of Topliss-reactive ketones (excluding diaryl/α,β-unsaturated/α-hetero) is 1. The first-order chi connectivity index (χ1) is 13.7. The van der Waals surface area contributed by atoms with Crippen LogP contribution in [-0.2, 0) is 20.8 Å². The third-order valence-electron chi connectivity index (χ3n) is 4.67. The molecule has 1 aliphatic heterocycles. The lowest BCUT2D eigenvalue weighted by Gasteiger charge is -2.11. The topological polar surface area (TPSA) is 86.6 Å². The Morgan fingerprint density at radius 3 is 2.69 bits per heavy atom. The van der Waals surface area contributed by atoms with Crippen LogP contribution in [0, 0.1) is 0 Å². The van der Waals surface area contributed by atoms with Crippen LogP contribution in [0.4, 0.5) is 13.2 Å². The summed E-state index contributed by atoms with van der Waals surface area (Å²) in [7, 11) is 1.17. The number of hydrogen-bond acceptors (Lipinski definition) is 5. The summed E-state index contributed by atoms with van der Waals surface area (Å²) in [4.78, 5) is 35.9. The van der Waals surface area contributed by atoms with E-state index in [1.54, 1.807) is 0 Å². The molecule has 1 atom stereocenters. The molecule has 2 heterocycles. The van der Waals surface area contributed by atoms with Gasteiger partial charge in [0.15, 0.2) is 0 Å². The number of hydrogen-bond donors (Lipinski definition) is 1. The Morgan fingerprint density at radius 2 is 2.07 bits per heavy atom. The van der Waals surface area contributed by atoms with Gasteiger partial charge in [-0.25, -0.2) is 4.79 Å². The molecule has 156 valence electrons. The minimum absolute atomic E-state index is 0.00750. The molecule has 1 N–H and O–H groups in total. The van der Waals surface area contributed by atoms with Gasteiger partial charge in [0.1, 0.15) is 6.54 Å². The summed E-state index contributed by atoms with van der Waals surface area (Å²) in [5.74, 6) is -3.16. The number of carbonyl (C=O) groups excluding carboxylic acids is 3. The summed E-state index contributed by atoms with van der Waals surface area (Å²) in [5.41, 5.74) is -0.353. The maximum absolute atomic E-state index is 13.0. The Hall–Kier alpha value is -2.88. The number of ether oxygens (including phenoxy) is 2. The van der Waals surface area contributed by atoms with Crippen molar-refractivity contribution in [3.63, 3.8) is 0 Å². The van der Waals surface area contributed by atoms with Crippen LogP contribution in [0.15, 0.2) is 24.4 Å². The molecule has 0 bridgehead atoms. The standard InChI is InChI=1S/C19H19F3N2O5/c1-28-18(27)11-4-5-13-14(17(26)19(20,21)22)9-24(15(13)7-11)10-16(25)23-8-12-3-2-6-29-12/h4-5,7,9,12H,2-3,6,8,10H2,1H3,(H,23,25). The van der Waals surface area contributed by atoms with E-state index in [0.29, 0.717) is 13.2 Å². The SMILES string of the molecule is COC(=O)c1ccc2c(C(=O)C(F)(F)F)cn(CC(=O)NCC3CCCO3)c2c1. The van der Waals surface area contributed by atoms with Gasteiger partial charge in [-0.15, -0.1) is 0 Å². The first-order valence-electron chi connectivity index (χ1n) is 8.91. The van der Waals surface area contributed by atoms with Crippen LogP contribution >= 0.6 is 0 Å². The Bertz CT molecular complexity index is 945. The van der Waals surface area contributed by atoms with Crippen molar-refractivity contribution < 1.29 is 37.0 Å². The molecule has 0 aliphatic carbocycles. The van der Waals surface area contributed by atoms with Crippen molar-refractivity contribution in [1.29, 1.82) is 0 Å². The molecule has 0 spiro atoms. The minimum atomic E-state index is -5.07. The molecule has 1 fully saturated rings. The highest BCUT2D eigenvalue weighted by atomic mass is 19.4. The third kappa shape index (κ3) is 4.58. The van der Waals surface area contributed by atoms with E-state index in [1.807, 2.05) is 0 Å². The maximum Gasteiger partial charge on any atom is 0.454 e. The van der Waals surface area contributed by atoms with Crippen molar-refractivity contribution in [2.24, 2.45) is 0 Å². The number of ketones is 1. The van der Waals surface area contributed by atoms with Gasteiger partial charge in [-0.1, -0.05) is 6.07 Å². The van der Waals surface area contributed by atoms with Crippen LogP contribution in [0.5, 0.6) is 0 Å². The molecular formula is C19H19F3N2O5. The van der Waals surface area contributed by atoms with E-state index >= 15 is 0 Å². The van der Waals surface area contributed by atoms with Crippen molar-refractivity contribution in [3.05, 3.63) is 35.5 Å². The molecule has 1 aromatic carbocycles. The average Bonchev–Trinajstić information content (AvgIpc) is 3.32. The lowest BCUT2D eigenvalue weighted by atomic mass is 10.1. The van der Waals surface area contributed by atoms with E-state index in [9.17, 15) is 27.6 Å². The van der Waals surface area contributed by atoms with Gasteiger partial charge in [0, 0.05) is 24.7 Å². The van der Waals surface area contributed by atoms with Crippen molar-refractivity contribution in [2.45, 2.75) is 31.7 Å². The van der Waals surface area contributed by atoms with Crippen LogP contribution in [0.3, 0.4) is 0 Å². The molecule has 0 saturated carbocycles. The van der Waals surface area contributed by atoms with Crippen LogP contribution < -0.4 is 5.32 Å². The Balaban J connectivity index is 1.91. The predicted octanol–water partition coefficient (Wildman–Crippen LogP) is 2.47. The number of benzene rings is 1. The Kier molecular flexibility index (Phi) is 5.92. The zero-order valence-corrected chi connectivity index (χ0v) is 15.5. The Morgan fingerprint density at radius 1 is 1.31 bits per heavy atom. The van der Waals surface area contributed by atoms with Gasteiger partial charge >= 0.3 is 12.1 Å². The number of rotatable bonds is 6. The van der Waals surface area contributed by atoms with Crippen molar-refractivity contribution >= 4 is 28.6 Å². The fraction of sp³-hybridized carbons (Fsp3) is 0.421. The number of aromatic nitrogens is 1. The molecule has 1 amide bonds. The highest BCUT2D eigenvalue weighted by Gasteiger charge is 2.41. The first kappa shape index (κ1) is 20.8. The molecule has 7 nitrogen and oxygen atoms in total. The van der Waals surface area contributed by atoms with Crippen LogP contribution in [0.1, 0.15) is 33.6 Å². The average molecular weight is 412 g/mol. The minimum Gasteiger partial charge on any atom is -0.465 e. The molecule has 1 saturated heterocycles. The fourth-order valence-corrected chi connectivity index (χ4v) is 3.24. The van der Waals surface area contributed by atoms with E-state index in [2.05, 4.69) is 10.1 Å². The normalized spacial score (nSPS) is 16.8. The number of fused-ring (bicyclic) bond motifs is 1. The van der Waals surface area contributed by atoms with Crippen molar-refractivity contribution in [3.8, 4) is 0 Å². The molecule has 29 heavy (non-hydrogen) atoms. The number of amides is 1. The maximum atomic E-state index is 13.0. The quantitative estimate of drug-likeness (QED) is 0.582. The third-order valence-corrected chi connectivity index (χ3v) is 4.67. The predicted molar refractivity (Wildman–Crippen MR) is 95.6 cm³/mol. The molecule has 0 radical (unpaired) electrons. The van der Waals surface area contributed by atoms with E-state index in [-0.39, 0.29) is 29.1 Å². The first-order valence-corrected chi connectivity index (χ1v) is 8.91. The summed E-state index contributed by atoms with van der Waals surface area (Å²) < 4.78 is 50.1. The number of alkyl halides is 3. The van der Waals surface area contributed by atoms with Gasteiger partial charge in [-0.05, 0) is 25.0 Å². The van der Waals surface area contributed by atoms with Crippen LogP contribution in [0.25, 0.3) is 10.9 Å². The smallest absolute Gasteiger partial charge is 0.454 e. The monoisotopic (exact) mass is 412 g/mol. The van der Waals surface area contributed by atoms with Gasteiger partial charge in [0.05, 0.1) is 29.9 Å². The van der Waals surface area contributed by atoms with Gasteiger partial charge in [0.25, 0.3) is 5.78 Å². The Labute approximate surface area is 163 Å². The van der Waals surface area contributed by atoms with Gasteiger partial charge in [0.2, 0.25) is 5.91 Å². The zero-order chi connectivity index (χ0) is 21.2. The molecule has 2 aromatic rings. The lowest BCUT2D eigenvalue weighted by Crippen LogP contribution is -2.34. The van der Waals surface area contributed by atoms with Crippen LogP contribution in [-0.4, -0.2) is 54.8 Å². The highest BCUT2D eigenvalue weighted by molar-refractivity contribution is 6.11. The number of esters is 1. The van der Waals surface area contributed by atoms with E-state index < -0.39 is 29.4 Å². The summed E-state index contributed by atoms with van der Waals surface area (Å²) >= 11 is 0.